The van der Waals surface area contributed by atoms with Crippen molar-refractivity contribution >= 4 is 11.9 Å². The van der Waals surface area contributed by atoms with Crippen LogP contribution in [0.3, 0.4) is 0 Å². The Morgan fingerprint density at radius 1 is 0.842 bits per heavy atom. The van der Waals surface area contributed by atoms with Crippen molar-refractivity contribution in [2.75, 3.05) is 6.61 Å². The summed E-state index contributed by atoms with van der Waals surface area (Å²) >= 11 is 0. The molecule has 0 heterocycles. The number of aliphatic hydroxyl groups is 2. The molecule has 0 aliphatic heterocycles. The predicted octanol–water partition coefficient (Wildman–Crippen LogP) is 1.64. The summed E-state index contributed by atoms with van der Waals surface area (Å²) in [6.07, 6.45) is 5.26. The molecule has 0 aliphatic carbocycles. The third kappa shape index (κ3) is 26.5. The zero-order chi connectivity index (χ0) is 15.1. The van der Waals surface area contributed by atoms with Crippen molar-refractivity contribution in [2.24, 2.45) is 0 Å². The molecule has 1 atom stereocenters. The Morgan fingerprint density at radius 3 is 1.32 bits per heavy atom. The molecule has 0 fully saturated rings. The largest absolute Gasteiger partial charge is 0.481 e. The number of aliphatic hydroxyl groups excluding tert-OH is 2. The van der Waals surface area contributed by atoms with Gasteiger partial charge in [0.05, 0.1) is 12.7 Å². The standard InChI is InChI=1S/C10H18O4.C3H8O2/c11-9(12)7-5-3-1-2-4-6-8-10(13)14;1-3(5)2-4/h1-8H2,(H,11,12)(H,13,14);3-5H,2H2,1H3. The summed E-state index contributed by atoms with van der Waals surface area (Å²) in [4.78, 5) is 20.3. The van der Waals surface area contributed by atoms with Crippen molar-refractivity contribution in [2.45, 2.75) is 64.4 Å². The number of rotatable bonds is 10. The van der Waals surface area contributed by atoms with Gasteiger partial charge >= 0.3 is 11.9 Å². The molecular weight excluding hydrogens is 252 g/mol. The van der Waals surface area contributed by atoms with Crippen molar-refractivity contribution in [3.63, 3.8) is 0 Å². The maximum absolute atomic E-state index is 10.1. The van der Waals surface area contributed by atoms with Gasteiger partial charge < -0.3 is 20.4 Å². The number of carboxylic acid groups (broad SMARTS) is 2. The molecule has 0 saturated heterocycles. The van der Waals surface area contributed by atoms with E-state index in [1.165, 1.54) is 6.92 Å². The van der Waals surface area contributed by atoms with E-state index < -0.39 is 18.0 Å². The molecule has 1 unspecified atom stereocenters. The van der Waals surface area contributed by atoms with E-state index >= 15 is 0 Å². The Bertz CT molecular complexity index is 207. The van der Waals surface area contributed by atoms with Crippen molar-refractivity contribution in [1.82, 2.24) is 0 Å². The van der Waals surface area contributed by atoms with E-state index in [0.717, 1.165) is 38.5 Å². The topological polar surface area (TPSA) is 115 Å². The van der Waals surface area contributed by atoms with Gasteiger partial charge in [-0.2, -0.15) is 0 Å². The van der Waals surface area contributed by atoms with E-state index in [0.29, 0.717) is 0 Å². The number of hydrogen-bond acceptors (Lipinski definition) is 4. The average molecular weight is 278 g/mol. The molecule has 0 aliphatic rings. The monoisotopic (exact) mass is 278 g/mol. The lowest BCUT2D eigenvalue weighted by Crippen LogP contribution is -2.03. The molecule has 0 aromatic carbocycles. The van der Waals surface area contributed by atoms with E-state index in [1.807, 2.05) is 0 Å². The summed E-state index contributed by atoms with van der Waals surface area (Å²) < 4.78 is 0. The fourth-order valence-electron chi connectivity index (χ4n) is 1.26. The van der Waals surface area contributed by atoms with Gasteiger partial charge in [0.15, 0.2) is 0 Å². The highest BCUT2D eigenvalue weighted by molar-refractivity contribution is 5.66. The quantitative estimate of drug-likeness (QED) is 0.451. The van der Waals surface area contributed by atoms with Crippen LogP contribution in [-0.4, -0.2) is 45.1 Å². The summed E-state index contributed by atoms with van der Waals surface area (Å²) in [6, 6.07) is 0. The van der Waals surface area contributed by atoms with E-state index in [9.17, 15) is 9.59 Å². The second kappa shape index (κ2) is 14.9. The Morgan fingerprint density at radius 2 is 1.11 bits per heavy atom. The molecule has 0 aromatic rings. The molecule has 0 aromatic heterocycles. The smallest absolute Gasteiger partial charge is 0.303 e. The van der Waals surface area contributed by atoms with E-state index in [4.69, 9.17) is 20.4 Å². The molecule has 0 spiro atoms. The molecular formula is C13H26O6. The summed E-state index contributed by atoms with van der Waals surface area (Å²) in [5, 5.41) is 32.7. The molecule has 0 amide bonds. The molecule has 0 bridgehead atoms. The summed E-state index contributed by atoms with van der Waals surface area (Å²) in [5.74, 6) is -1.48. The highest BCUT2D eigenvalue weighted by Crippen LogP contribution is 2.08. The summed E-state index contributed by atoms with van der Waals surface area (Å²) in [6.45, 7) is 1.39. The molecule has 4 N–H and O–H groups in total. The third-order valence-electron chi connectivity index (χ3n) is 2.30. The van der Waals surface area contributed by atoms with Gasteiger partial charge in [-0.15, -0.1) is 0 Å². The average Bonchev–Trinajstić information content (AvgIpc) is 2.32. The van der Waals surface area contributed by atoms with Gasteiger partial charge in [0.2, 0.25) is 0 Å². The molecule has 19 heavy (non-hydrogen) atoms. The van der Waals surface area contributed by atoms with Gasteiger partial charge in [0.25, 0.3) is 0 Å². The minimum Gasteiger partial charge on any atom is -0.481 e. The van der Waals surface area contributed by atoms with Crippen LogP contribution in [0.5, 0.6) is 0 Å². The minimum absolute atomic E-state index is 0.139. The number of hydrogen-bond donors (Lipinski definition) is 4. The summed E-state index contributed by atoms with van der Waals surface area (Å²) in [7, 11) is 0. The zero-order valence-corrected chi connectivity index (χ0v) is 11.5. The van der Waals surface area contributed by atoms with Crippen LogP contribution < -0.4 is 0 Å². The first-order chi connectivity index (χ1) is 8.90. The molecule has 0 saturated carbocycles. The van der Waals surface area contributed by atoms with Gasteiger partial charge in [0, 0.05) is 12.8 Å². The minimum atomic E-state index is -0.740. The number of carbonyl (C=O) groups is 2. The molecule has 0 rings (SSSR count). The van der Waals surface area contributed by atoms with Crippen molar-refractivity contribution < 1.29 is 30.0 Å². The van der Waals surface area contributed by atoms with Crippen LogP contribution in [-0.2, 0) is 9.59 Å². The van der Waals surface area contributed by atoms with Crippen LogP contribution in [0.1, 0.15) is 58.3 Å². The lowest BCUT2D eigenvalue weighted by Gasteiger charge is -1.98. The maximum Gasteiger partial charge on any atom is 0.303 e. The Labute approximate surface area is 114 Å². The van der Waals surface area contributed by atoms with Crippen molar-refractivity contribution in [1.29, 1.82) is 0 Å². The number of carboxylic acids is 2. The number of unbranched alkanes of at least 4 members (excludes halogenated alkanes) is 5. The normalized spacial score (nSPS) is 11.3. The molecule has 0 radical (unpaired) electrons. The van der Waals surface area contributed by atoms with Gasteiger partial charge in [-0.25, -0.2) is 0 Å². The Hall–Kier alpha value is -1.14. The Kier molecular flexibility index (Phi) is 15.8. The van der Waals surface area contributed by atoms with Crippen LogP contribution >= 0.6 is 0 Å². The summed E-state index contributed by atoms with van der Waals surface area (Å²) in [5.41, 5.74) is 0. The van der Waals surface area contributed by atoms with Crippen molar-refractivity contribution in [3.05, 3.63) is 0 Å². The molecule has 6 nitrogen and oxygen atoms in total. The maximum atomic E-state index is 10.1. The van der Waals surface area contributed by atoms with Crippen LogP contribution in [0.2, 0.25) is 0 Å². The fourth-order valence-corrected chi connectivity index (χ4v) is 1.26. The molecule has 6 heteroatoms. The third-order valence-corrected chi connectivity index (χ3v) is 2.30. The Balaban J connectivity index is 0. The lowest BCUT2D eigenvalue weighted by atomic mass is 10.1. The van der Waals surface area contributed by atoms with E-state index in [-0.39, 0.29) is 19.4 Å². The first-order valence-corrected chi connectivity index (χ1v) is 6.62. The van der Waals surface area contributed by atoms with Gasteiger partial charge in [0.1, 0.15) is 0 Å². The van der Waals surface area contributed by atoms with Crippen LogP contribution in [0, 0.1) is 0 Å². The van der Waals surface area contributed by atoms with Gasteiger partial charge in [-0.1, -0.05) is 25.7 Å². The SMILES string of the molecule is CC(O)CO.O=C(O)CCCCCCCCC(=O)O. The second-order valence-electron chi connectivity index (χ2n) is 4.44. The fraction of sp³-hybridized carbons (Fsp3) is 0.846. The highest BCUT2D eigenvalue weighted by atomic mass is 16.4. The van der Waals surface area contributed by atoms with Crippen LogP contribution in [0.15, 0.2) is 0 Å². The van der Waals surface area contributed by atoms with E-state index in [1.54, 1.807) is 0 Å². The second-order valence-corrected chi connectivity index (χ2v) is 4.44. The van der Waals surface area contributed by atoms with Crippen molar-refractivity contribution in [3.8, 4) is 0 Å². The lowest BCUT2D eigenvalue weighted by molar-refractivity contribution is -0.138. The van der Waals surface area contributed by atoms with Crippen LogP contribution in [0.4, 0.5) is 0 Å². The molecule has 114 valence electrons. The zero-order valence-electron chi connectivity index (χ0n) is 11.5. The van der Waals surface area contributed by atoms with Gasteiger partial charge in [-0.05, 0) is 19.8 Å². The van der Waals surface area contributed by atoms with E-state index in [2.05, 4.69) is 0 Å². The first-order valence-electron chi connectivity index (χ1n) is 6.62. The van der Waals surface area contributed by atoms with Crippen LogP contribution in [0.25, 0.3) is 0 Å². The van der Waals surface area contributed by atoms with Gasteiger partial charge in [-0.3, -0.25) is 9.59 Å². The predicted molar refractivity (Wildman–Crippen MR) is 71.0 cm³/mol. The first kappa shape index (κ1) is 20.2. The highest BCUT2D eigenvalue weighted by Gasteiger charge is 1.98. The number of aliphatic carboxylic acids is 2.